The number of carbonyl (C=O) groups is 1. The van der Waals surface area contributed by atoms with Gasteiger partial charge in [0, 0.05) is 38.8 Å². The number of rotatable bonds is 6. The topological polar surface area (TPSA) is 35.6 Å². The highest BCUT2D eigenvalue weighted by Crippen LogP contribution is 2.12. The van der Waals surface area contributed by atoms with Gasteiger partial charge >= 0.3 is 0 Å². The predicted octanol–water partition coefficient (Wildman–Crippen LogP) is 3.35. The predicted molar refractivity (Wildman–Crippen MR) is 116 cm³/mol. The van der Waals surface area contributed by atoms with Crippen molar-refractivity contribution < 1.29 is 4.79 Å². The first-order valence-corrected chi connectivity index (χ1v) is 9.03. The second kappa shape index (κ2) is 12.0. The molecule has 1 atom stereocenters. The fourth-order valence-electron chi connectivity index (χ4n) is 3.34. The van der Waals surface area contributed by atoms with Crippen LogP contribution < -0.4 is 5.32 Å². The summed E-state index contributed by atoms with van der Waals surface area (Å²) < 4.78 is 0. The summed E-state index contributed by atoms with van der Waals surface area (Å²) in [6.45, 7) is 6.68. The van der Waals surface area contributed by atoms with E-state index in [0.29, 0.717) is 6.54 Å². The van der Waals surface area contributed by atoms with Crippen molar-refractivity contribution in [3.05, 3.63) is 71.8 Å². The Morgan fingerprint density at radius 3 is 2.00 bits per heavy atom. The Balaban J connectivity index is 0.00000182. The Kier molecular flexibility index (Phi) is 10.4. The number of carbonyl (C=O) groups excluding carboxylic acids is 1. The number of nitrogens with zero attached hydrogens (tertiary/aromatic N) is 2. The molecular formula is C21H29Cl2N3O. The van der Waals surface area contributed by atoms with E-state index in [1.165, 1.54) is 11.1 Å². The summed E-state index contributed by atoms with van der Waals surface area (Å²) in [6.07, 6.45) is 0. The van der Waals surface area contributed by atoms with Crippen LogP contribution in [0.4, 0.5) is 0 Å². The van der Waals surface area contributed by atoms with Crippen LogP contribution in [0.5, 0.6) is 0 Å². The molecule has 1 unspecified atom stereocenters. The maximum atomic E-state index is 12.9. The quantitative estimate of drug-likeness (QED) is 0.794. The van der Waals surface area contributed by atoms with Gasteiger partial charge in [-0.05, 0) is 18.1 Å². The van der Waals surface area contributed by atoms with E-state index in [9.17, 15) is 4.79 Å². The molecule has 1 aliphatic heterocycles. The summed E-state index contributed by atoms with van der Waals surface area (Å²) in [4.78, 5) is 17.1. The average molecular weight is 410 g/mol. The first kappa shape index (κ1) is 23.4. The SMILES string of the molecule is CC1CNCCN1C(=O)CN(Cc1ccccc1)Cc1ccccc1.Cl.Cl. The normalized spacial score (nSPS) is 16.4. The minimum atomic E-state index is 0. The van der Waals surface area contributed by atoms with Crippen LogP contribution in [0.25, 0.3) is 0 Å². The van der Waals surface area contributed by atoms with Crippen molar-refractivity contribution in [2.45, 2.75) is 26.1 Å². The van der Waals surface area contributed by atoms with Crippen molar-refractivity contribution in [3.8, 4) is 0 Å². The van der Waals surface area contributed by atoms with E-state index in [1.807, 2.05) is 17.0 Å². The third kappa shape index (κ3) is 7.15. The molecule has 1 heterocycles. The van der Waals surface area contributed by atoms with Crippen LogP contribution in [0.2, 0.25) is 0 Å². The summed E-state index contributed by atoms with van der Waals surface area (Å²) in [5.41, 5.74) is 2.47. The Hall–Kier alpha value is -1.59. The zero-order chi connectivity index (χ0) is 17.5. The first-order valence-electron chi connectivity index (χ1n) is 9.03. The number of hydrogen-bond acceptors (Lipinski definition) is 3. The monoisotopic (exact) mass is 409 g/mol. The zero-order valence-electron chi connectivity index (χ0n) is 15.7. The van der Waals surface area contributed by atoms with Crippen molar-refractivity contribution in [1.29, 1.82) is 0 Å². The Morgan fingerprint density at radius 2 is 1.52 bits per heavy atom. The molecule has 1 N–H and O–H groups in total. The van der Waals surface area contributed by atoms with Gasteiger partial charge in [0.05, 0.1) is 6.54 Å². The molecule has 1 saturated heterocycles. The van der Waals surface area contributed by atoms with Gasteiger partial charge < -0.3 is 10.2 Å². The second-order valence-corrected chi connectivity index (χ2v) is 6.76. The third-order valence-electron chi connectivity index (χ3n) is 4.68. The number of benzene rings is 2. The van der Waals surface area contributed by atoms with Crippen LogP contribution in [0.3, 0.4) is 0 Å². The first-order chi connectivity index (χ1) is 12.2. The van der Waals surface area contributed by atoms with E-state index in [1.54, 1.807) is 0 Å². The summed E-state index contributed by atoms with van der Waals surface area (Å²) >= 11 is 0. The largest absolute Gasteiger partial charge is 0.336 e. The summed E-state index contributed by atoms with van der Waals surface area (Å²) in [7, 11) is 0. The number of halogens is 2. The van der Waals surface area contributed by atoms with Crippen LogP contribution in [-0.4, -0.2) is 47.9 Å². The van der Waals surface area contributed by atoms with Gasteiger partial charge in [-0.15, -0.1) is 24.8 Å². The maximum Gasteiger partial charge on any atom is 0.237 e. The van der Waals surface area contributed by atoms with E-state index >= 15 is 0 Å². The van der Waals surface area contributed by atoms with E-state index in [0.717, 1.165) is 32.7 Å². The molecule has 1 fully saturated rings. The Morgan fingerprint density at radius 1 is 1.00 bits per heavy atom. The number of piperazine rings is 1. The molecule has 0 radical (unpaired) electrons. The lowest BCUT2D eigenvalue weighted by Crippen LogP contribution is -2.54. The van der Waals surface area contributed by atoms with Crippen molar-refractivity contribution in [2.24, 2.45) is 0 Å². The Bertz CT molecular complexity index is 628. The minimum absolute atomic E-state index is 0. The van der Waals surface area contributed by atoms with Crippen LogP contribution in [0, 0.1) is 0 Å². The fourth-order valence-corrected chi connectivity index (χ4v) is 3.34. The highest BCUT2D eigenvalue weighted by atomic mass is 35.5. The molecule has 1 amide bonds. The Labute approximate surface area is 174 Å². The van der Waals surface area contributed by atoms with Gasteiger partial charge in [0.15, 0.2) is 0 Å². The number of hydrogen-bond donors (Lipinski definition) is 1. The summed E-state index contributed by atoms with van der Waals surface area (Å²) in [5, 5.41) is 3.34. The van der Waals surface area contributed by atoms with Crippen LogP contribution in [0.1, 0.15) is 18.1 Å². The van der Waals surface area contributed by atoms with Crippen LogP contribution in [-0.2, 0) is 17.9 Å². The zero-order valence-corrected chi connectivity index (χ0v) is 17.3. The highest BCUT2D eigenvalue weighted by molar-refractivity contribution is 5.85. The molecule has 2 aromatic rings. The molecule has 0 bridgehead atoms. The molecule has 148 valence electrons. The van der Waals surface area contributed by atoms with Gasteiger partial charge in [-0.25, -0.2) is 0 Å². The van der Waals surface area contributed by atoms with Gasteiger partial charge in [-0.2, -0.15) is 0 Å². The molecule has 27 heavy (non-hydrogen) atoms. The minimum Gasteiger partial charge on any atom is -0.336 e. The summed E-state index contributed by atoms with van der Waals surface area (Å²) in [6, 6.07) is 21.0. The molecule has 0 aromatic heterocycles. The number of nitrogens with one attached hydrogen (secondary N) is 1. The smallest absolute Gasteiger partial charge is 0.237 e. The van der Waals surface area contributed by atoms with Crippen LogP contribution in [0.15, 0.2) is 60.7 Å². The molecule has 3 rings (SSSR count). The molecule has 0 saturated carbocycles. The van der Waals surface area contributed by atoms with Crippen molar-refractivity contribution in [2.75, 3.05) is 26.2 Å². The molecule has 0 aliphatic carbocycles. The van der Waals surface area contributed by atoms with Gasteiger partial charge in [-0.1, -0.05) is 60.7 Å². The third-order valence-corrected chi connectivity index (χ3v) is 4.68. The molecule has 2 aromatic carbocycles. The molecule has 0 spiro atoms. The van der Waals surface area contributed by atoms with E-state index < -0.39 is 0 Å². The lowest BCUT2D eigenvalue weighted by Gasteiger charge is -2.35. The molecule has 6 heteroatoms. The molecular weight excluding hydrogens is 381 g/mol. The average Bonchev–Trinajstić information content (AvgIpc) is 2.63. The maximum absolute atomic E-state index is 12.9. The van der Waals surface area contributed by atoms with E-state index in [4.69, 9.17) is 0 Å². The molecule has 1 aliphatic rings. The van der Waals surface area contributed by atoms with E-state index in [-0.39, 0.29) is 36.8 Å². The van der Waals surface area contributed by atoms with Gasteiger partial charge in [0.2, 0.25) is 5.91 Å². The van der Waals surface area contributed by atoms with Crippen molar-refractivity contribution in [1.82, 2.24) is 15.1 Å². The lowest BCUT2D eigenvalue weighted by atomic mass is 10.1. The van der Waals surface area contributed by atoms with Crippen molar-refractivity contribution >= 4 is 30.7 Å². The lowest BCUT2D eigenvalue weighted by molar-refractivity contribution is -0.135. The fraction of sp³-hybridized carbons (Fsp3) is 0.381. The number of amides is 1. The van der Waals surface area contributed by atoms with Gasteiger partial charge in [0.1, 0.15) is 0 Å². The van der Waals surface area contributed by atoms with Crippen LogP contribution >= 0.6 is 24.8 Å². The molecule has 4 nitrogen and oxygen atoms in total. The van der Waals surface area contributed by atoms with E-state index in [2.05, 4.69) is 65.7 Å². The second-order valence-electron chi connectivity index (χ2n) is 6.76. The summed E-state index contributed by atoms with van der Waals surface area (Å²) in [5.74, 6) is 0.223. The van der Waals surface area contributed by atoms with Crippen molar-refractivity contribution in [3.63, 3.8) is 0 Å². The van der Waals surface area contributed by atoms with Gasteiger partial charge in [0.25, 0.3) is 0 Å². The highest BCUT2D eigenvalue weighted by Gasteiger charge is 2.24. The standard InChI is InChI=1S/C21H27N3O.2ClH/c1-18-14-22-12-13-24(18)21(25)17-23(15-19-8-4-2-5-9-19)16-20-10-6-3-7-11-20;;/h2-11,18,22H,12-17H2,1H3;2*1H. The van der Waals surface area contributed by atoms with Gasteiger partial charge in [-0.3, -0.25) is 9.69 Å².